The molecule has 1 aromatic carbocycles. The summed E-state index contributed by atoms with van der Waals surface area (Å²) in [7, 11) is 0. The molecule has 0 saturated heterocycles. The molecule has 0 spiro atoms. The molecule has 3 rings (SSSR count). The minimum atomic E-state index is -5.16. The third kappa shape index (κ3) is 2.89. The zero-order chi connectivity index (χ0) is 18.4. The van der Waals surface area contributed by atoms with E-state index in [1.807, 2.05) is 5.32 Å². The van der Waals surface area contributed by atoms with Crippen LogP contribution in [0.5, 0.6) is 5.75 Å². The van der Waals surface area contributed by atoms with Gasteiger partial charge in [0.15, 0.2) is 5.78 Å². The summed E-state index contributed by atoms with van der Waals surface area (Å²) in [5, 5.41) is 13.2. The van der Waals surface area contributed by atoms with Crippen molar-refractivity contribution in [2.24, 2.45) is 0 Å². The third-order valence-electron chi connectivity index (χ3n) is 3.84. The maximum Gasteiger partial charge on any atom is 0.426 e. The number of alkyl halides is 3. The summed E-state index contributed by atoms with van der Waals surface area (Å²) in [5.74, 6) is -2.00. The van der Waals surface area contributed by atoms with E-state index in [0.717, 1.165) is 0 Å². The molecule has 2 heterocycles. The van der Waals surface area contributed by atoms with Crippen molar-refractivity contribution in [3.63, 3.8) is 0 Å². The Morgan fingerprint density at radius 1 is 1.32 bits per heavy atom. The average molecular weight is 371 g/mol. The molecule has 5 nitrogen and oxygen atoms in total. The molecule has 0 radical (unpaired) electrons. The number of carbonyl (C=O) groups excluding carboxylic acids is 2. The van der Waals surface area contributed by atoms with Gasteiger partial charge in [-0.1, -0.05) is 6.07 Å². The number of rotatable bonds is 2. The van der Waals surface area contributed by atoms with Crippen LogP contribution in [0.15, 0.2) is 29.6 Å². The topological polar surface area (TPSA) is 75.6 Å². The van der Waals surface area contributed by atoms with Crippen LogP contribution >= 0.6 is 11.3 Å². The van der Waals surface area contributed by atoms with Crippen LogP contribution < -0.4 is 10.1 Å². The maximum atomic E-state index is 12.8. The van der Waals surface area contributed by atoms with Gasteiger partial charge in [0.2, 0.25) is 5.60 Å². The van der Waals surface area contributed by atoms with Crippen LogP contribution in [0.1, 0.15) is 27.7 Å². The Hall–Kier alpha value is -2.39. The molecule has 1 aliphatic heterocycles. The number of ether oxygens (including phenoxy) is 1. The highest BCUT2D eigenvalue weighted by atomic mass is 32.1. The Morgan fingerprint density at radius 2 is 2.04 bits per heavy atom. The summed E-state index contributed by atoms with van der Waals surface area (Å²) in [6.07, 6.45) is -5.16. The van der Waals surface area contributed by atoms with Gasteiger partial charge < -0.3 is 15.2 Å². The number of halogens is 3. The quantitative estimate of drug-likeness (QED) is 0.851. The molecule has 0 bridgehead atoms. The van der Waals surface area contributed by atoms with Crippen molar-refractivity contribution in [3.8, 4) is 5.75 Å². The van der Waals surface area contributed by atoms with Crippen LogP contribution in [-0.2, 0) is 11.4 Å². The van der Waals surface area contributed by atoms with Crippen LogP contribution in [0.2, 0.25) is 0 Å². The van der Waals surface area contributed by atoms with Crippen LogP contribution in [-0.4, -0.2) is 28.6 Å². The molecule has 9 heteroatoms. The molecule has 1 aromatic heterocycles. The van der Waals surface area contributed by atoms with E-state index >= 15 is 0 Å². The van der Waals surface area contributed by atoms with E-state index in [1.165, 1.54) is 29.5 Å². The Bertz CT molecular complexity index is 857. The van der Waals surface area contributed by atoms with E-state index < -0.39 is 23.5 Å². The molecule has 25 heavy (non-hydrogen) atoms. The summed E-state index contributed by atoms with van der Waals surface area (Å²) in [6.45, 7) is 0.489. The van der Waals surface area contributed by atoms with Gasteiger partial charge in [-0.15, -0.1) is 11.3 Å². The lowest BCUT2D eigenvalue weighted by Gasteiger charge is -2.25. The molecule has 2 N–H and O–H groups in total. The molecular formula is C16H12F3NO4S. The second-order valence-corrected chi connectivity index (χ2v) is 6.58. The van der Waals surface area contributed by atoms with Gasteiger partial charge in [-0.25, -0.2) is 0 Å². The van der Waals surface area contributed by atoms with Gasteiger partial charge in [0, 0.05) is 5.56 Å². The highest BCUT2D eigenvalue weighted by Crippen LogP contribution is 2.37. The number of benzene rings is 1. The molecule has 1 atom stereocenters. The van der Waals surface area contributed by atoms with Crippen LogP contribution in [0, 0.1) is 0 Å². The van der Waals surface area contributed by atoms with E-state index in [9.17, 15) is 27.9 Å². The zero-order valence-electron chi connectivity index (χ0n) is 12.8. The van der Waals surface area contributed by atoms with Gasteiger partial charge in [-0.2, -0.15) is 13.2 Å². The number of anilines is 1. The van der Waals surface area contributed by atoms with E-state index in [1.54, 1.807) is 11.4 Å². The number of carbonyl (C=O) groups is 2. The number of nitrogens with one attached hydrogen (secondary N) is 1. The molecule has 132 valence electrons. The van der Waals surface area contributed by atoms with Crippen molar-refractivity contribution in [1.82, 2.24) is 0 Å². The fourth-order valence-electron chi connectivity index (χ4n) is 2.30. The van der Waals surface area contributed by atoms with E-state index in [2.05, 4.69) is 0 Å². The van der Waals surface area contributed by atoms with E-state index in [0.29, 0.717) is 17.4 Å². The number of amides is 1. The fourth-order valence-corrected chi connectivity index (χ4v) is 3.08. The lowest BCUT2D eigenvalue weighted by Crippen LogP contribution is -2.52. The van der Waals surface area contributed by atoms with Gasteiger partial charge in [0.25, 0.3) is 5.91 Å². The first-order chi connectivity index (χ1) is 11.6. The number of aliphatic hydroxyl groups is 1. The summed E-state index contributed by atoms with van der Waals surface area (Å²) in [6, 6.07) is 5.79. The Balaban J connectivity index is 2.01. The molecule has 1 unspecified atom stereocenters. The summed E-state index contributed by atoms with van der Waals surface area (Å²) in [4.78, 5) is 25.3. The molecule has 0 saturated carbocycles. The molecule has 0 fully saturated rings. The first-order valence-corrected chi connectivity index (χ1v) is 7.98. The lowest BCUT2D eigenvalue weighted by atomic mass is 10.0. The van der Waals surface area contributed by atoms with Gasteiger partial charge in [-0.05, 0) is 30.5 Å². The van der Waals surface area contributed by atoms with Gasteiger partial charge in [0.1, 0.15) is 12.4 Å². The first kappa shape index (κ1) is 17.4. The Morgan fingerprint density at radius 3 is 2.72 bits per heavy atom. The van der Waals surface area contributed by atoms with Crippen molar-refractivity contribution in [2.45, 2.75) is 25.3 Å². The summed E-state index contributed by atoms with van der Waals surface area (Å²) in [5.41, 5.74) is -3.44. The lowest BCUT2D eigenvalue weighted by molar-refractivity contribution is -0.242. The highest BCUT2D eigenvalue weighted by molar-refractivity contribution is 7.10. The number of fused-ring (bicyclic) bond motifs is 2. The monoisotopic (exact) mass is 371 g/mol. The van der Waals surface area contributed by atoms with Gasteiger partial charge >= 0.3 is 6.18 Å². The number of hydrogen-bond acceptors (Lipinski definition) is 5. The van der Waals surface area contributed by atoms with Crippen molar-refractivity contribution in [2.75, 3.05) is 5.32 Å². The van der Waals surface area contributed by atoms with Crippen LogP contribution in [0.3, 0.4) is 0 Å². The third-order valence-corrected chi connectivity index (χ3v) is 4.74. The van der Waals surface area contributed by atoms with Crippen molar-refractivity contribution < 1.29 is 32.6 Å². The Kier molecular flexibility index (Phi) is 4.08. The molecule has 2 aromatic rings. The minimum Gasteiger partial charge on any atom is -0.487 e. The summed E-state index contributed by atoms with van der Waals surface area (Å²) >= 11 is 1.32. The number of hydrogen-bond donors (Lipinski definition) is 2. The smallest absolute Gasteiger partial charge is 0.426 e. The molecule has 1 aliphatic rings. The molecule has 0 aliphatic carbocycles. The van der Waals surface area contributed by atoms with E-state index in [-0.39, 0.29) is 23.6 Å². The largest absolute Gasteiger partial charge is 0.487 e. The SMILES string of the molecule is CC(O)(C(=O)Nc1cccc2c1C(=O)c1ccsc1CO2)C(F)(F)F. The van der Waals surface area contributed by atoms with Crippen molar-refractivity contribution in [3.05, 3.63) is 45.6 Å². The number of ketones is 1. The van der Waals surface area contributed by atoms with Gasteiger partial charge in [0.05, 0.1) is 16.1 Å². The van der Waals surface area contributed by atoms with Crippen molar-refractivity contribution in [1.29, 1.82) is 0 Å². The average Bonchev–Trinajstić information content (AvgIpc) is 2.95. The number of thiophene rings is 1. The predicted octanol–water partition coefficient (Wildman–Crippen LogP) is 3.12. The maximum absolute atomic E-state index is 12.8. The second-order valence-electron chi connectivity index (χ2n) is 5.58. The molecule has 1 amide bonds. The Labute approximate surface area is 144 Å². The molecular weight excluding hydrogens is 359 g/mol. The fraction of sp³-hybridized carbons (Fsp3) is 0.250. The van der Waals surface area contributed by atoms with Gasteiger partial charge in [-0.3, -0.25) is 9.59 Å². The van der Waals surface area contributed by atoms with E-state index in [4.69, 9.17) is 4.74 Å². The normalized spacial score (nSPS) is 16.1. The summed E-state index contributed by atoms with van der Waals surface area (Å²) < 4.78 is 44.0. The second kappa shape index (κ2) is 5.85. The zero-order valence-corrected chi connectivity index (χ0v) is 13.6. The predicted molar refractivity (Wildman–Crippen MR) is 83.8 cm³/mol. The van der Waals surface area contributed by atoms with Crippen LogP contribution in [0.25, 0.3) is 0 Å². The highest BCUT2D eigenvalue weighted by Gasteiger charge is 2.56. The van der Waals surface area contributed by atoms with Crippen molar-refractivity contribution >= 4 is 28.7 Å². The first-order valence-electron chi connectivity index (χ1n) is 7.10. The standard InChI is InChI=1S/C16H12F3NO4S/c1-15(23,16(17,18)19)14(22)20-9-3-2-4-10-12(9)13(21)8-5-6-25-11(8)7-24-10/h2-6,23H,7H2,1H3,(H,20,22). The minimum absolute atomic E-state index is 0.0500. The van der Waals surface area contributed by atoms with Crippen LogP contribution in [0.4, 0.5) is 18.9 Å².